The Bertz CT molecular complexity index is 313. The first-order valence-electron chi connectivity index (χ1n) is 2.95. The van der Waals surface area contributed by atoms with E-state index in [1.54, 1.807) is 0 Å². The van der Waals surface area contributed by atoms with Gasteiger partial charge >= 0.3 is 15.6 Å². The lowest BCUT2D eigenvalue weighted by Crippen LogP contribution is -2.36. The third-order valence-electron chi connectivity index (χ3n) is 0.959. The monoisotopic (exact) mass is 255 g/mol. The number of hydrogen-bond donors (Lipinski definition) is 0. The minimum atomic E-state index is -5.81. The van der Waals surface area contributed by atoms with E-state index in [9.17, 15) is 26.4 Å². The second-order valence-electron chi connectivity index (χ2n) is 2.00. The molecule has 0 aromatic carbocycles. The smallest absolute Gasteiger partial charge is 0.271 e. The van der Waals surface area contributed by atoms with Crippen LogP contribution in [0.15, 0.2) is 0 Å². The number of rotatable bonds is 3. The maximum Gasteiger partial charge on any atom is 0.525 e. The maximum atomic E-state index is 11.7. The van der Waals surface area contributed by atoms with E-state index >= 15 is 0 Å². The standard InChI is InChI=1S/C4H5ClF3NO4S/c1-9(3(10)2-5)13-14(11,12)4(6,7)8/h2H2,1H3. The lowest BCUT2D eigenvalue weighted by atomic mass is 10.7. The molecule has 5 nitrogen and oxygen atoms in total. The van der Waals surface area contributed by atoms with Crippen molar-refractivity contribution < 1.29 is 30.7 Å². The Hall–Kier alpha value is -0.540. The van der Waals surface area contributed by atoms with Crippen molar-refractivity contribution in [3.05, 3.63) is 0 Å². The minimum Gasteiger partial charge on any atom is -0.271 e. The van der Waals surface area contributed by atoms with Crippen LogP contribution in [0.5, 0.6) is 0 Å². The van der Waals surface area contributed by atoms with Crippen molar-refractivity contribution in [2.75, 3.05) is 12.9 Å². The van der Waals surface area contributed by atoms with E-state index in [-0.39, 0.29) is 5.06 Å². The van der Waals surface area contributed by atoms with Gasteiger partial charge in [-0.15, -0.1) is 15.9 Å². The molecule has 0 aromatic rings. The molecule has 0 rings (SSSR count). The molecule has 0 fully saturated rings. The SMILES string of the molecule is CN(OS(=O)(=O)C(F)(F)F)C(=O)CCl. The van der Waals surface area contributed by atoms with Gasteiger partial charge in [0.05, 0.1) is 0 Å². The molecule has 0 N–H and O–H groups in total. The van der Waals surface area contributed by atoms with Gasteiger partial charge in [0.25, 0.3) is 5.91 Å². The molecule has 0 aliphatic carbocycles. The molecule has 1 amide bonds. The van der Waals surface area contributed by atoms with Gasteiger partial charge in [0.15, 0.2) is 0 Å². The van der Waals surface area contributed by atoms with Gasteiger partial charge in [0, 0.05) is 7.05 Å². The largest absolute Gasteiger partial charge is 0.525 e. The van der Waals surface area contributed by atoms with E-state index in [1.165, 1.54) is 0 Å². The average molecular weight is 256 g/mol. The number of carbonyl (C=O) groups is 1. The highest BCUT2D eigenvalue weighted by Crippen LogP contribution is 2.25. The fraction of sp³-hybridized carbons (Fsp3) is 0.750. The van der Waals surface area contributed by atoms with Gasteiger partial charge in [-0.2, -0.15) is 21.6 Å². The summed E-state index contributed by atoms with van der Waals surface area (Å²) in [6.07, 6.45) is 0. The molecule has 0 unspecified atom stereocenters. The van der Waals surface area contributed by atoms with Crippen LogP contribution >= 0.6 is 11.6 Å². The van der Waals surface area contributed by atoms with Crippen LogP contribution in [-0.2, 0) is 19.2 Å². The number of alkyl halides is 4. The number of halogens is 4. The predicted octanol–water partition coefficient (Wildman–Crippen LogP) is 0.465. The Morgan fingerprint density at radius 1 is 1.50 bits per heavy atom. The number of carbonyl (C=O) groups excluding carboxylic acids is 1. The highest BCUT2D eigenvalue weighted by Gasteiger charge is 2.49. The van der Waals surface area contributed by atoms with E-state index in [0.717, 1.165) is 0 Å². The molecule has 0 saturated carbocycles. The van der Waals surface area contributed by atoms with Gasteiger partial charge in [-0.1, -0.05) is 0 Å². The van der Waals surface area contributed by atoms with Gasteiger partial charge in [-0.25, -0.2) is 5.06 Å². The first-order valence-corrected chi connectivity index (χ1v) is 4.89. The van der Waals surface area contributed by atoms with Crippen molar-refractivity contribution in [2.24, 2.45) is 0 Å². The van der Waals surface area contributed by atoms with Crippen LogP contribution in [-0.4, -0.2) is 37.8 Å². The fourth-order valence-corrected chi connectivity index (χ4v) is 0.946. The molecule has 0 aromatic heterocycles. The summed E-state index contributed by atoms with van der Waals surface area (Å²) in [5, 5.41) is -0.101. The topological polar surface area (TPSA) is 63.7 Å². The van der Waals surface area contributed by atoms with Crippen molar-refractivity contribution in [2.45, 2.75) is 5.51 Å². The molecule has 0 saturated heterocycles. The molecule has 0 heterocycles. The second-order valence-corrected chi connectivity index (χ2v) is 3.79. The molecular weight excluding hydrogens is 251 g/mol. The number of amides is 1. The van der Waals surface area contributed by atoms with Crippen molar-refractivity contribution in [3.63, 3.8) is 0 Å². The van der Waals surface area contributed by atoms with E-state index in [2.05, 4.69) is 4.28 Å². The molecular formula is C4H5ClF3NO4S. The lowest BCUT2D eigenvalue weighted by Gasteiger charge is -2.15. The van der Waals surface area contributed by atoms with Crippen molar-refractivity contribution in [1.82, 2.24) is 5.06 Å². The summed E-state index contributed by atoms with van der Waals surface area (Å²) in [5.41, 5.74) is -5.58. The van der Waals surface area contributed by atoms with Crippen molar-refractivity contribution in [1.29, 1.82) is 0 Å². The first-order chi connectivity index (χ1) is 6.12. The van der Waals surface area contributed by atoms with E-state index in [4.69, 9.17) is 11.6 Å². The number of nitrogens with zero attached hydrogens (tertiary/aromatic N) is 1. The molecule has 0 bridgehead atoms. The Morgan fingerprint density at radius 2 is 1.93 bits per heavy atom. The summed E-state index contributed by atoms with van der Waals surface area (Å²) in [4.78, 5) is 10.6. The van der Waals surface area contributed by atoms with E-state index < -0.39 is 27.4 Å². The number of hydrogen-bond acceptors (Lipinski definition) is 4. The summed E-state index contributed by atoms with van der Waals surface area (Å²) in [6.45, 7) is 0. The van der Waals surface area contributed by atoms with Crippen LogP contribution in [0.3, 0.4) is 0 Å². The minimum absolute atomic E-state index is 0.101. The Kier molecular flexibility index (Phi) is 4.15. The third kappa shape index (κ3) is 3.31. The molecule has 0 aliphatic heterocycles. The lowest BCUT2D eigenvalue weighted by molar-refractivity contribution is -0.152. The summed E-state index contributed by atoms with van der Waals surface area (Å²) >= 11 is 4.94. The zero-order valence-corrected chi connectivity index (χ0v) is 8.28. The van der Waals surface area contributed by atoms with Gasteiger partial charge in [-0.05, 0) is 0 Å². The highest BCUT2D eigenvalue weighted by atomic mass is 35.5. The van der Waals surface area contributed by atoms with Crippen LogP contribution in [0.25, 0.3) is 0 Å². The molecule has 0 aliphatic rings. The summed E-state index contributed by atoms with van der Waals surface area (Å²) in [6, 6.07) is 0. The Labute approximate surface area is 82.5 Å². The Balaban J connectivity index is 4.63. The third-order valence-corrected chi connectivity index (χ3v) is 2.17. The van der Waals surface area contributed by atoms with Crippen molar-refractivity contribution >= 4 is 27.6 Å². The quantitative estimate of drug-likeness (QED) is 0.418. The number of hydroxylamine groups is 2. The van der Waals surface area contributed by atoms with Crippen LogP contribution in [0.4, 0.5) is 13.2 Å². The first kappa shape index (κ1) is 13.5. The van der Waals surface area contributed by atoms with Crippen LogP contribution in [0, 0.1) is 0 Å². The zero-order valence-electron chi connectivity index (χ0n) is 6.71. The fourth-order valence-electron chi connectivity index (χ4n) is 0.315. The summed E-state index contributed by atoms with van der Waals surface area (Å²) in [7, 11) is -5.10. The van der Waals surface area contributed by atoms with Crippen LogP contribution in [0.1, 0.15) is 0 Å². The summed E-state index contributed by atoms with van der Waals surface area (Å²) in [5.74, 6) is -1.80. The molecule has 84 valence electrons. The average Bonchev–Trinajstić information content (AvgIpc) is 2.00. The predicted molar refractivity (Wildman–Crippen MR) is 39.5 cm³/mol. The van der Waals surface area contributed by atoms with Crippen molar-refractivity contribution in [3.8, 4) is 0 Å². The Morgan fingerprint density at radius 3 is 2.21 bits per heavy atom. The second kappa shape index (κ2) is 4.32. The van der Waals surface area contributed by atoms with Gasteiger partial charge in [0.2, 0.25) is 0 Å². The zero-order chi connectivity index (χ0) is 11.6. The summed E-state index contributed by atoms with van der Waals surface area (Å²) < 4.78 is 59.0. The molecule has 10 heteroatoms. The van der Waals surface area contributed by atoms with Gasteiger partial charge in [-0.3, -0.25) is 4.79 Å². The van der Waals surface area contributed by atoms with E-state index in [1.807, 2.05) is 0 Å². The molecule has 0 radical (unpaired) electrons. The molecule has 0 atom stereocenters. The normalized spacial score (nSPS) is 12.6. The maximum absolute atomic E-state index is 11.7. The highest BCUT2D eigenvalue weighted by molar-refractivity contribution is 7.87. The molecule has 14 heavy (non-hydrogen) atoms. The van der Waals surface area contributed by atoms with Gasteiger partial charge in [0.1, 0.15) is 5.88 Å². The van der Waals surface area contributed by atoms with Crippen LogP contribution < -0.4 is 0 Å². The molecule has 0 spiro atoms. The van der Waals surface area contributed by atoms with Crippen LogP contribution in [0.2, 0.25) is 0 Å². The van der Waals surface area contributed by atoms with Gasteiger partial charge < -0.3 is 0 Å². The van der Waals surface area contributed by atoms with E-state index in [0.29, 0.717) is 7.05 Å².